The number of amides is 2. The van der Waals surface area contributed by atoms with E-state index in [0.29, 0.717) is 25.8 Å². The van der Waals surface area contributed by atoms with E-state index in [1.54, 1.807) is 11.9 Å². The zero-order chi connectivity index (χ0) is 25.4. The second kappa shape index (κ2) is 12.2. The quantitative estimate of drug-likeness (QED) is 0.362. The fourth-order valence-electron chi connectivity index (χ4n) is 4.12. The van der Waals surface area contributed by atoms with Crippen molar-refractivity contribution in [3.8, 4) is 0 Å². The molecule has 3 aromatic carbocycles. The molecule has 1 N–H and O–H groups in total. The maximum absolute atomic E-state index is 13.6. The van der Waals surface area contributed by atoms with Gasteiger partial charge in [-0.1, -0.05) is 103 Å². The van der Waals surface area contributed by atoms with Gasteiger partial charge in [-0.05, 0) is 46.2 Å². The molecule has 0 bridgehead atoms. The van der Waals surface area contributed by atoms with Gasteiger partial charge in [0.05, 0.1) is 0 Å². The lowest BCUT2D eigenvalue weighted by molar-refractivity contribution is -0.141. The van der Waals surface area contributed by atoms with Gasteiger partial charge in [0.15, 0.2) is 0 Å². The first-order chi connectivity index (χ1) is 16.7. The molecule has 0 unspecified atom stereocenters. The highest BCUT2D eigenvalue weighted by atomic mass is 79.9. The number of hydrogen-bond acceptors (Lipinski definition) is 2. The minimum Gasteiger partial charge on any atom is -0.357 e. The van der Waals surface area contributed by atoms with Gasteiger partial charge in [0.25, 0.3) is 0 Å². The summed E-state index contributed by atoms with van der Waals surface area (Å²) in [6.45, 7) is 6.94. The molecule has 0 fully saturated rings. The molecule has 0 aliphatic heterocycles. The summed E-state index contributed by atoms with van der Waals surface area (Å²) in [4.78, 5) is 28.4. The van der Waals surface area contributed by atoms with Crippen LogP contribution in [0.5, 0.6) is 0 Å². The molecule has 5 heteroatoms. The Labute approximate surface area is 217 Å². The molecule has 35 heavy (non-hydrogen) atoms. The monoisotopic (exact) mass is 534 g/mol. The molecule has 3 rings (SSSR count). The first-order valence-electron chi connectivity index (χ1n) is 12.1. The Morgan fingerprint density at radius 3 is 2.14 bits per heavy atom. The summed E-state index contributed by atoms with van der Waals surface area (Å²) in [5, 5.41) is 2.77. The molecular formula is C30H35BrN2O2. The summed E-state index contributed by atoms with van der Waals surface area (Å²) < 4.78 is 0.945. The predicted octanol–water partition coefficient (Wildman–Crippen LogP) is 6.07. The normalized spacial score (nSPS) is 12.1. The molecule has 0 spiro atoms. The van der Waals surface area contributed by atoms with Crippen LogP contribution >= 0.6 is 15.9 Å². The average Bonchev–Trinajstić information content (AvgIpc) is 2.84. The van der Waals surface area contributed by atoms with Gasteiger partial charge >= 0.3 is 0 Å². The molecular weight excluding hydrogens is 500 g/mol. The molecule has 0 aliphatic rings. The minimum absolute atomic E-state index is 0.0330. The highest BCUT2D eigenvalue weighted by molar-refractivity contribution is 9.10. The summed E-state index contributed by atoms with van der Waals surface area (Å²) >= 11 is 3.52. The molecule has 0 heterocycles. The minimum atomic E-state index is -0.600. The molecule has 1 atom stereocenters. The largest absolute Gasteiger partial charge is 0.357 e. The number of carbonyl (C=O) groups excluding carboxylic acids is 2. The number of rotatable bonds is 9. The Hall–Kier alpha value is -2.92. The van der Waals surface area contributed by atoms with Crippen LogP contribution in [0.2, 0.25) is 0 Å². The molecule has 2 amide bonds. The van der Waals surface area contributed by atoms with Gasteiger partial charge in [-0.3, -0.25) is 9.59 Å². The first-order valence-corrected chi connectivity index (χ1v) is 12.9. The van der Waals surface area contributed by atoms with Crippen molar-refractivity contribution in [2.24, 2.45) is 0 Å². The Bertz CT molecular complexity index is 1120. The van der Waals surface area contributed by atoms with Gasteiger partial charge in [-0.15, -0.1) is 0 Å². The number of carbonyl (C=O) groups is 2. The third kappa shape index (κ3) is 7.79. The van der Waals surface area contributed by atoms with E-state index in [1.807, 2.05) is 54.6 Å². The fraction of sp³-hybridized carbons (Fsp3) is 0.333. The van der Waals surface area contributed by atoms with Gasteiger partial charge in [-0.25, -0.2) is 0 Å². The zero-order valence-corrected chi connectivity index (χ0v) is 22.6. The fourth-order valence-corrected chi connectivity index (χ4v) is 4.57. The van der Waals surface area contributed by atoms with Crippen LogP contribution in [-0.4, -0.2) is 29.8 Å². The lowest BCUT2D eigenvalue weighted by Gasteiger charge is -2.31. The molecule has 0 saturated heterocycles. The van der Waals surface area contributed by atoms with E-state index in [4.69, 9.17) is 0 Å². The van der Waals surface area contributed by atoms with Gasteiger partial charge in [0.2, 0.25) is 11.8 Å². The number of likely N-dealkylation sites (N-methyl/N-ethyl adjacent to an activating group) is 1. The number of benzene rings is 3. The van der Waals surface area contributed by atoms with Gasteiger partial charge in [-0.2, -0.15) is 0 Å². The molecule has 0 aliphatic carbocycles. The highest BCUT2D eigenvalue weighted by Gasteiger charge is 2.29. The van der Waals surface area contributed by atoms with Crippen LogP contribution < -0.4 is 5.32 Å². The SMILES string of the molecule is CNC(=O)[C@@H](Cc1ccccc1)N(Cc1cccc(Br)c1)C(=O)CCc1ccc(C(C)(C)C)cc1. The summed E-state index contributed by atoms with van der Waals surface area (Å²) in [5.74, 6) is -0.193. The van der Waals surface area contributed by atoms with E-state index in [9.17, 15) is 9.59 Å². The maximum atomic E-state index is 13.6. The second-order valence-corrected chi connectivity index (χ2v) is 10.8. The second-order valence-electron chi connectivity index (χ2n) is 9.92. The number of nitrogens with one attached hydrogen (secondary N) is 1. The van der Waals surface area contributed by atoms with E-state index < -0.39 is 6.04 Å². The maximum Gasteiger partial charge on any atom is 0.242 e. The lowest BCUT2D eigenvalue weighted by atomic mass is 9.86. The third-order valence-electron chi connectivity index (χ3n) is 6.21. The number of nitrogens with zero attached hydrogens (tertiary/aromatic N) is 1. The molecule has 0 aromatic heterocycles. The van der Waals surface area contributed by atoms with Crippen LogP contribution in [0.1, 0.15) is 49.4 Å². The van der Waals surface area contributed by atoms with Crippen LogP contribution in [0.25, 0.3) is 0 Å². The van der Waals surface area contributed by atoms with Crippen molar-refractivity contribution < 1.29 is 9.59 Å². The van der Waals surface area contributed by atoms with E-state index in [2.05, 4.69) is 66.3 Å². The van der Waals surface area contributed by atoms with E-state index in [0.717, 1.165) is 21.2 Å². The van der Waals surface area contributed by atoms with Crippen molar-refractivity contribution in [3.63, 3.8) is 0 Å². The van der Waals surface area contributed by atoms with Crippen LogP contribution in [0, 0.1) is 0 Å². The molecule has 0 saturated carbocycles. The topological polar surface area (TPSA) is 49.4 Å². The molecule has 4 nitrogen and oxygen atoms in total. The van der Waals surface area contributed by atoms with Crippen molar-refractivity contribution in [2.45, 2.75) is 58.0 Å². The van der Waals surface area contributed by atoms with Crippen molar-refractivity contribution in [1.82, 2.24) is 10.2 Å². The van der Waals surface area contributed by atoms with Crippen LogP contribution in [0.3, 0.4) is 0 Å². The van der Waals surface area contributed by atoms with Gasteiger partial charge in [0.1, 0.15) is 6.04 Å². The Morgan fingerprint density at radius 1 is 0.886 bits per heavy atom. The standard InChI is InChI=1S/C30H35BrN2O2/c1-30(2,3)25-16-13-22(14-17-25)15-18-28(34)33(21-24-11-8-12-26(31)19-24)27(29(35)32-4)20-23-9-6-5-7-10-23/h5-14,16-17,19,27H,15,18,20-21H2,1-4H3,(H,32,35)/t27-/m1/s1. The van der Waals surface area contributed by atoms with E-state index >= 15 is 0 Å². The smallest absolute Gasteiger partial charge is 0.242 e. The van der Waals surface area contributed by atoms with Crippen LogP contribution in [-0.2, 0) is 34.4 Å². The summed E-state index contributed by atoms with van der Waals surface area (Å²) in [6, 6.07) is 25.6. The molecule has 3 aromatic rings. The molecule has 0 radical (unpaired) electrons. The summed E-state index contributed by atoms with van der Waals surface area (Å²) in [7, 11) is 1.62. The Morgan fingerprint density at radius 2 is 1.54 bits per heavy atom. The lowest BCUT2D eigenvalue weighted by Crippen LogP contribution is -2.49. The van der Waals surface area contributed by atoms with Gasteiger partial charge in [0, 0.05) is 30.9 Å². The summed E-state index contributed by atoms with van der Waals surface area (Å²) in [6.07, 6.45) is 1.43. The number of aryl methyl sites for hydroxylation is 1. The van der Waals surface area contributed by atoms with Crippen molar-refractivity contribution >= 4 is 27.7 Å². The Balaban J connectivity index is 1.84. The van der Waals surface area contributed by atoms with E-state index in [-0.39, 0.29) is 17.2 Å². The Kier molecular flexibility index (Phi) is 9.27. The van der Waals surface area contributed by atoms with Crippen LogP contribution in [0.4, 0.5) is 0 Å². The number of halogens is 1. The van der Waals surface area contributed by atoms with Crippen molar-refractivity contribution in [3.05, 3.63) is 106 Å². The highest BCUT2D eigenvalue weighted by Crippen LogP contribution is 2.23. The van der Waals surface area contributed by atoms with Crippen molar-refractivity contribution in [1.29, 1.82) is 0 Å². The zero-order valence-electron chi connectivity index (χ0n) is 21.1. The summed E-state index contributed by atoms with van der Waals surface area (Å²) in [5.41, 5.74) is 4.47. The van der Waals surface area contributed by atoms with E-state index in [1.165, 1.54) is 5.56 Å². The average molecular weight is 536 g/mol. The van der Waals surface area contributed by atoms with Gasteiger partial charge < -0.3 is 10.2 Å². The van der Waals surface area contributed by atoms with Crippen LogP contribution in [0.15, 0.2) is 83.3 Å². The molecule has 184 valence electrons. The number of hydrogen-bond donors (Lipinski definition) is 1. The predicted molar refractivity (Wildman–Crippen MR) is 146 cm³/mol. The third-order valence-corrected chi connectivity index (χ3v) is 6.70. The first kappa shape index (κ1) is 26.7. The van der Waals surface area contributed by atoms with Crippen molar-refractivity contribution in [2.75, 3.05) is 7.05 Å².